The van der Waals surface area contributed by atoms with Crippen LogP contribution in [0.15, 0.2) is 18.2 Å². The van der Waals surface area contributed by atoms with Crippen LogP contribution >= 0.6 is 0 Å². The van der Waals surface area contributed by atoms with Gasteiger partial charge in [0.2, 0.25) is 5.75 Å². The lowest BCUT2D eigenvalue weighted by atomic mass is 10.2. The molecule has 1 rings (SSSR count). The summed E-state index contributed by atoms with van der Waals surface area (Å²) in [5.41, 5.74) is -0.307. The van der Waals surface area contributed by atoms with Gasteiger partial charge >= 0.3 is 11.7 Å². The highest BCUT2D eigenvalue weighted by Gasteiger charge is 2.21. The first-order valence-electron chi connectivity index (χ1n) is 4.67. The molecular weight excluding hydrogens is 230 g/mol. The van der Waals surface area contributed by atoms with Crippen molar-refractivity contribution in [3.8, 4) is 11.5 Å². The van der Waals surface area contributed by atoms with Crippen molar-refractivity contribution in [2.24, 2.45) is 0 Å². The SMILES string of the molecule is COc1ccc([N+](=O)[O-])c(O[C@@H](C)C(=O)O)c1. The predicted molar refractivity (Wildman–Crippen MR) is 57.4 cm³/mol. The van der Waals surface area contributed by atoms with Crippen LogP contribution in [0.1, 0.15) is 6.92 Å². The number of rotatable bonds is 5. The number of carboxylic acid groups (broad SMARTS) is 1. The summed E-state index contributed by atoms with van der Waals surface area (Å²) in [5.74, 6) is -0.991. The largest absolute Gasteiger partial charge is 0.497 e. The third-order valence-corrected chi connectivity index (χ3v) is 2.02. The third-order valence-electron chi connectivity index (χ3n) is 2.02. The number of hydrogen-bond donors (Lipinski definition) is 1. The Morgan fingerprint density at radius 2 is 2.18 bits per heavy atom. The van der Waals surface area contributed by atoms with Crippen molar-refractivity contribution in [1.82, 2.24) is 0 Å². The molecule has 0 aliphatic rings. The molecule has 0 saturated heterocycles. The van der Waals surface area contributed by atoms with Crippen LogP contribution in [0.4, 0.5) is 5.69 Å². The number of nitro benzene ring substituents is 1. The highest BCUT2D eigenvalue weighted by atomic mass is 16.6. The monoisotopic (exact) mass is 241 g/mol. The van der Waals surface area contributed by atoms with Crippen molar-refractivity contribution in [3.05, 3.63) is 28.3 Å². The van der Waals surface area contributed by atoms with Gasteiger partial charge in [0.1, 0.15) is 5.75 Å². The molecule has 1 aromatic rings. The van der Waals surface area contributed by atoms with E-state index in [1.165, 1.54) is 32.2 Å². The number of carbonyl (C=O) groups is 1. The fourth-order valence-corrected chi connectivity index (χ4v) is 1.11. The van der Waals surface area contributed by atoms with Gasteiger partial charge in [-0.15, -0.1) is 0 Å². The lowest BCUT2D eigenvalue weighted by molar-refractivity contribution is -0.386. The number of aliphatic carboxylic acids is 1. The van der Waals surface area contributed by atoms with Crippen molar-refractivity contribution in [2.75, 3.05) is 7.11 Å². The zero-order chi connectivity index (χ0) is 13.0. The molecule has 17 heavy (non-hydrogen) atoms. The summed E-state index contributed by atoms with van der Waals surface area (Å²) in [6, 6.07) is 3.87. The number of ether oxygens (including phenoxy) is 2. The molecule has 92 valence electrons. The van der Waals surface area contributed by atoms with Gasteiger partial charge < -0.3 is 14.6 Å². The number of benzene rings is 1. The second-order valence-corrected chi connectivity index (χ2v) is 3.19. The van der Waals surface area contributed by atoms with E-state index in [0.717, 1.165) is 0 Å². The molecule has 0 aliphatic heterocycles. The van der Waals surface area contributed by atoms with E-state index >= 15 is 0 Å². The summed E-state index contributed by atoms with van der Waals surface area (Å²) < 4.78 is 9.87. The van der Waals surface area contributed by atoms with Crippen molar-refractivity contribution >= 4 is 11.7 Å². The summed E-state index contributed by atoms with van der Waals surface area (Å²) in [6.07, 6.45) is -1.18. The number of nitrogens with zero attached hydrogens (tertiary/aromatic N) is 1. The molecule has 0 unspecified atom stereocenters. The second-order valence-electron chi connectivity index (χ2n) is 3.19. The summed E-state index contributed by atoms with van der Waals surface area (Å²) in [7, 11) is 1.39. The highest BCUT2D eigenvalue weighted by Crippen LogP contribution is 2.31. The van der Waals surface area contributed by atoms with E-state index in [1.54, 1.807) is 0 Å². The van der Waals surface area contributed by atoms with E-state index in [-0.39, 0.29) is 11.4 Å². The van der Waals surface area contributed by atoms with Gasteiger partial charge in [-0.05, 0) is 13.0 Å². The van der Waals surface area contributed by atoms with Crippen LogP contribution in [-0.2, 0) is 4.79 Å². The fourth-order valence-electron chi connectivity index (χ4n) is 1.11. The smallest absolute Gasteiger partial charge is 0.344 e. The molecule has 0 fully saturated rings. The molecule has 0 saturated carbocycles. The Labute approximate surface area is 96.7 Å². The fraction of sp³-hybridized carbons (Fsp3) is 0.300. The normalized spacial score (nSPS) is 11.6. The number of hydrogen-bond acceptors (Lipinski definition) is 5. The van der Waals surface area contributed by atoms with Gasteiger partial charge in [0.15, 0.2) is 6.10 Å². The minimum absolute atomic E-state index is 0.135. The van der Waals surface area contributed by atoms with Gasteiger partial charge in [0, 0.05) is 12.1 Å². The first kappa shape index (κ1) is 12.8. The van der Waals surface area contributed by atoms with Gasteiger partial charge in [-0.2, -0.15) is 0 Å². The molecule has 0 heterocycles. The van der Waals surface area contributed by atoms with Gasteiger partial charge in [-0.3, -0.25) is 10.1 Å². The molecule has 7 nitrogen and oxygen atoms in total. The van der Waals surface area contributed by atoms with E-state index in [0.29, 0.717) is 5.75 Å². The number of nitro groups is 1. The quantitative estimate of drug-likeness (QED) is 0.618. The van der Waals surface area contributed by atoms with Gasteiger partial charge in [0.25, 0.3) is 0 Å². The molecule has 0 radical (unpaired) electrons. The maximum Gasteiger partial charge on any atom is 0.344 e. The average Bonchev–Trinajstić information content (AvgIpc) is 2.28. The van der Waals surface area contributed by atoms with Gasteiger partial charge in [-0.25, -0.2) is 4.79 Å². The molecule has 7 heteroatoms. The summed E-state index contributed by atoms with van der Waals surface area (Å²) in [6.45, 7) is 1.28. The molecule has 1 aromatic carbocycles. The first-order valence-corrected chi connectivity index (χ1v) is 4.67. The molecule has 0 aromatic heterocycles. The number of carboxylic acids is 1. The van der Waals surface area contributed by atoms with Crippen LogP contribution in [0.3, 0.4) is 0 Å². The van der Waals surface area contributed by atoms with Gasteiger partial charge in [-0.1, -0.05) is 0 Å². The lowest BCUT2D eigenvalue weighted by Crippen LogP contribution is -2.23. The summed E-state index contributed by atoms with van der Waals surface area (Å²) in [4.78, 5) is 20.7. The van der Waals surface area contributed by atoms with E-state index in [2.05, 4.69) is 0 Å². The Kier molecular flexibility index (Phi) is 3.86. The Morgan fingerprint density at radius 3 is 2.65 bits per heavy atom. The van der Waals surface area contributed by atoms with Gasteiger partial charge in [0.05, 0.1) is 12.0 Å². The van der Waals surface area contributed by atoms with E-state index in [1.807, 2.05) is 0 Å². The van der Waals surface area contributed by atoms with Crippen LogP contribution in [0.5, 0.6) is 11.5 Å². The van der Waals surface area contributed by atoms with Crippen LogP contribution < -0.4 is 9.47 Å². The predicted octanol–water partition coefficient (Wildman–Crippen LogP) is 1.46. The van der Waals surface area contributed by atoms with Crippen LogP contribution in [-0.4, -0.2) is 29.2 Å². The summed E-state index contributed by atoms with van der Waals surface area (Å²) in [5, 5.41) is 19.4. The Hall–Kier alpha value is -2.31. The zero-order valence-electron chi connectivity index (χ0n) is 9.25. The zero-order valence-corrected chi connectivity index (χ0v) is 9.25. The van der Waals surface area contributed by atoms with E-state index < -0.39 is 17.0 Å². The van der Waals surface area contributed by atoms with Crippen molar-refractivity contribution in [3.63, 3.8) is 0 Å². The second kappa shape index (κ2) is 5.15. The first-order chi connectivity index (χ1) is 7.95. The molecular formula is C10H11NO6. The molecule has 1 N–H and O–H groups in total. The minimum Gasteiger partial charge on any atom is -0.497 e. The molecule has 0 amide bonds. The maximum atomic E-state index is 10.7. The van der Waals surface area contributed by atoms with E-state index in [4.69, 9.17) is 14.6 Å². The third kappa shape index (κ3) is 3.07. The average molecular weight is 241 g/mol. The standard InChI is InChI=1S/C10H11NO6/c1-6(10(12)13)17-9-5-7(16-2)3-4-8(9)11(14)15/h3-6H,1-2H3,(H,12,13)/t6-/m0/s1. The van der Waals surface area contributed by atoms with E-state index in [9.17, 15) is 14.9 Å². The molecule has 0 spiro atoms. The Morgan fingerprint density at radius 1 is 1.53 bits per heavy atom. The van der Waals surface area contributed by atoms with Crippen molar-refractivity contribution in [2.45, 2.75) is 13.0 Å². The molecule has 1 atom stereocenters. The van der Waals surface area contributed by atoms with Crippen LogP contribution in [0.25, 0.3) is 0 Å². The van der Waals surface area contributed by atoms with Crippen molar-refractivity contribution in [1.29, 1.82) is 0 Å². The lowest BCUT2D eigenvalue weighted by Gasteiger charge is -2.11. The topological polar surface area (TPSA) is 98.9 Å². The molecule has 0 bridgehead atoms. The summed E-state index contributed by atoms with van der Waals surface area (Å²) >= 11 is 0. The number of methoxy groups -OCH3 is 1. The van der Waals surface area contributed by atoms with Crippen LogP contribution in [0, 0.1) is 10.1 Å². The highest BCUT2D eigenvalue weighted by molar-refractivity contribution is 5.72. The minimum atomic E-state index is -1.21. The maximum absolute atomic E-state index is 10.7. The Bertz CT molecular complexity index is 444. The van der Waals surface area contributed by atoms with Crippen molar-refractivity contribution < 1.29 is 24.3 Å². The van der Waals surface area contributed by atoms with Crippen LogP contribution in [0.2, 0.25) is 0 Å². The Balaban J connectivity index is 3.09. The molecule has 0 aliphatic carbocycles.